The third kappa shape index (κ3) is 3.44. The fraction of sp³-hybridized carbons (Fsp3) is 0.583. The molecule has 1 aromatic rings. The molecule has 0 amide bonds. The summed E-state index contributed by atoms with van der Waals surface area (Å²) in [6.07, 6.45) is 1.16. The number of aliphatic hydroxyl groups is 1. The van der Waals surface area contributed by atoms with Crippen molar-refractivity contribution in [3.63, 3.8) is 0 Å². The third-order valence-corrected chi connectivity index (χ3v) is 3.85. The molecule has 0 saturated heterocycles. The monoisotopic (exact) mass is 258 g/mol. The molecule has 1 aromatic heterocycles. The fourth-order valence-corrected chi connectivity index (χ4v) is 2.21. The molecule has 0 bridgehead atoms. The Kier molecular flexibility index (Phi) is 4.54. The Morgan fingerprint density at radius 1 is 1.47 bits per heavy atom. The van der Waals surface area contributed by atoms with Crippen LogP contribution in [0.3, 0.4) is 0 Å². The molecule has 0 aliphatic rings. The van der Waals surface area contributed by atoms with Crippen LogP contribution in [-0.4, -0.2) is 28.4 Å². The number of hydrogen-bond donors (Lipinski definition) is 2. The molecule has 0 aliphatic carbocycles. The molecule has 0 unspecified atom stereocenters. The van der Waals surface area contributed by atoms with E-state index in [0.29, 0.717) is 18.6 Å². The van der Waals surface area contributed by atoms with Gasteiger partial charge in [0, 0.05) is 4.88 Å². The van der Waals surface area contributed by atoms with Crippen LogP contribution in [0, 0.1) is 6.92 Å². The Morgan fingerprint density at radius 3 is 2.53 bits per heavy atom. The molecule has 1 heterocycles. The molecule has 0 saturated carbocycles. The summed E-state index contributed by atoms with van der Waals surface area (Å²) in [6, 6.07) is 1.69. The number of carbonyl (C=O) groups is 1. The lowest BCUT2D eigenvalue weighted by Crippen LogP contribution is -2.34. The van der Waals surface area contributed by atoms with Gasteiger partial charge in [-0.05, 0) is 25.8 Å². The zero-order chi connectivity index (χ0) is 13.1. The molecule has 0 spiro atoms. The van der Waals surface area contributed by atoms with E-state index in [2.05, 4.69) is 0 Å². The zero-order valence-electron chi connectivity index (χ0n) is 10.3. The lowest BCUT2D eigenvalue weighted by atomic mass is 9.99. The van der Waals surface area contributed by atoms with Crippen LogP contribution < -0.4 is 4.74 Å². The van der Waals surface area contributed by atoms with Gasteiger partial charge in [0.25, 0.3) is 0 Å². The summed E-state index contributed by atoms with van der Waals surface area (Å²) >= 11 is 1.18. The third-order valence-electron chi connectivity index (χ3n) is 2.83. The highest BCUT2D eigenvalue weighted by molar-refractivity contribution is 7.14. The van der Waals surface area contributed by atoms with E-state index in [1.54, 1.807) is 6.07 Å². The number of rotatable bonds is 6. The number of hydrogen-bond acceptors (Lipinski definition) is 4. The topological polar surface area (TPSA) is 66.8 Å². The van der Waals surface area contributed by atoms with E-state index in [-0.39, 0.29) is 11.5 Å². The Morgan fingerprint density at radius 2 is 2.06 bits per heavy atom. The summed E-state index contributed by atoms with van der Waals surface area (Å²) in [4.78, 5) is 12.0. The highest BCUT2D eigenvalue weighted by Gasteiger charge is 2.25. The highest BCUT2D eigenvalue weighted by Crippen LogP contribution is 2.30. The molecule has 0 aliphatic heterocycles. The number of aromatic carboxylic acids is 1. The van der Waals surface area contributed by atoms with Gasteiger partial charge in [-0.25, -0.2) is 4.79 Å². The Hall–Kier alpha value is -1.07. The van der Waals surface area contributed by atoms with Gasteiger partial charge in [-0.15, -0.1) is 11.3 Å². The Labute approximate surface area is 105 Å². The van der Waals surface area contributed by atoms with Gasteiger partial charge in [0.1, 0.15) is 12.4 Å². The van der Waals surface area contributed by atoms with E-state index in [0.717, 1.165) is 4.88 Å². The van der Waals surface area contributed by atoms with Crippen LogP contribution in [0.25, 0.3) is 0 Å². The molecule has 0 radical (unpaired) electrons. The van der Waals surface area contributed by atoms with E-state index in [4.69, 9.17) is 9.84 Å². The van der Waals surface area contributed by atoms with Crippen LogP contribution in [0.2, 0.25) is 0 Å². The van der Waals surface area contributed by atoms with E-state index in [1.165, 1.54) is 11.3 Å². The van der Waals surface area contributed by atoms with Crippen LogP contribution in [0.1, 0.15) is 41.2 Å². The predicted molar refractivity (Wildman–Crippen MR) is 67.0 cm³/mol. The first-order chi connectivity index (χ1) is 7.91. The lowest BCUT2D eigenvalue weighted by Gasteiger charge is -2.24. The number of aryl methyl sites for hydroxylation is 1. The maximum absolute atomic E-state index is 11.0. The molecule has 0 aromatic carbocycles. The van der Waals surface area contributed by atoms with Crippen LogP contribution in [0.5, 0.6) is 5.75 Å². The molecule has 1 rings (SSSR count). The summed E-state index contributed by atoms with van der Waals surface area (Å²) in [7, 11) is 0. The van der Waals surface area contributed by atoms with E-state index in [1.807, 2.05) is 20.8 Å². The molecule has 0 atom stereocenters. The van der Waals surface area contributed by atoms with Crippen molar-refractivity contribution < 1.29 is 19.7 Å². The van der Waals surface area contributed by atoms with Gasteiger partial charge < -0.3 is 14.9 Å². The first-order valence-corrected chi connectivity index (χ1v) is 6.42. The van der Waals surface area contributed by atoms with Crippen molar-refractivity contribution in [1.29, 1.82) is 0 Å². The average molecular weight is 258 g/mol. The summed E-state index contributed by atoms with van der Waals surface area (Å²) in [5.41, 5.74) is -0.883. The van der Waals surface area contributed by atoms with Crippen molar-refractivity contribution >= 4 is 17.3 Å². The van der Waals surface area contributed by atoms with Crippen LogP contribution in [-0.2, 0) is 0 Å². The SMILES string of the molecule is CCC(O)(CC)COc1cc(C)sc1C(=O)O. The fourth-order valence-electron chi connectivity index (χ4n) is 1.41. The van der Waals surface area contributed by atoms with Crippen molar-refractivity contribution in [1.82, 2.24) is 0 Å². The van der Waals surface area contributed by atoms with E-state index < -0.39 is 11.6 Å². The smallest absolute Gasteiger partial charge is 0.349 e. The quantitative estimate of drug-likeness (QED) is 0.823. The minimum Gasteiger partial charge on any atom is -0.489 e. The van der Waals surface area contributed by atoms with Gasteiger partial charge in [0.2, 0.25) is 0 Å². The van der Waals surface area contributed by atoms with Crippen LogP contribution >= 0.6 is 11.3 Å². The number of thiophene rings is 1. The van der Waals surface area contributed by atoms with E-state index in [9.17, 15) is 9.90 Å². The Bertz CT molecular complexity index is 393. The standard InChI is InChI=1S/C12H18O4S/c1-4-12(15,5-2)7-16-9-6-8(3)17-10(9)11(13)14/h6,15H,4-5,7H2,1-3H3,(H,13,14). The van der Waals surface area contributed by atoms with Gasteiger partial charge in [-0.2, -0.15) is 0 Å². The summed E-state index contributed by atoms with van der Waals surface area (Å²) in [5.74, 6) is -0.644. The molecular weight excluding hydrogens is 240 g/mol. The van der Waals surface area contributed by atoms with Crippen LogP contribution in [0.4, 0.5) is 0 Å². The van der Waals surface area contributed by atoms with Crippen molar-refractivity contribution in [3.05, 3.63) is 15.8 Å². The summed E-state index contributed by atoms with van der Waals surface area (Å²) in [5, 5.41) is 19.0. The van der Waals surface area contributed by atoms with Gasteiger partial charge in [-0.3, -0.25) is 0 Å². The second-order valence-electron chi connectivity index (χ2n) is 4.08. The maximum Gasteiger partial charge on any atom is 0.349 e. The van der Waals surface area contributed by atoms with E-state index >= 15 is 0 Å². The molecule has 5 heteroatoms. The number of carboxylic acids is 1. The van der Waals surface area contributed by atoms with Crippen molar-refractivity contribution in [2.45, 2.75) is 39.2 Å². The second kappa shape index (κ2) is 5.51. The lowest BCUT2D eigenvalue weighted by molar-refractivity contribution is -0.0116. The van der Waals surface area contributed by atoms with Crippen LogP contribution in [0.15, 0.2) is 6.07 Å². The largest absolute Gasteiger partial charge is 0.489 e. The first kappa shape index (κ1) is 14.0. The first-order valence-electron chi connectivity index (χ1n) is 5.60. The second-order valence-corrected chi connectivity index (χ2v) is 5.33. The summed E-state index contributed by atoms with van der Waals surface area (Å²) < 4.78 is 5.45. The predicted octanol–water partition coefficient (Wildman–Crippen LogP) is 2.68. The molecule has 0 fully saturated rings. The summed E-state index contributed by atoms with van der Waals surface area (Å²) in [6.45, 7) is 5.71. The van der Waals surface area contributed by atoms with Gasteiger partial charge in [-0.1, -0.05) is 13.8 Å². The zero-order valence-corrected chi connectivity index (χ0v) is 11.1. The van der Waals surface area contributed by atoms with Crippen molar-refractivity contribution in [2.75, 3.05) is 6.61 Å². The normalized spacial score (nSPS) is 11.5. The molecule has 96 valence electrons. The number of ether oxygens (including phenoxy) is 1. The van der Waals surface area contributed by atoms with Crippen molar-refractivity contribution in [2.24, 2.45) is 0 Å². The molecule has 4 nitrogen and oxygen atoms in total. The average Bonchev–Trinajstić information content (AvgIpc) is 2.68. The minimum absolute atomic E-state index is 0.121. The highest BCUT2D eigenvalue weighted by atomic mass is 32.1. The maximum atomic E-state index is 11.0. The minimum atomic E-state index is -0.991. The molecule has 2 N–H and O–H groups in total. The molecular formula is C12H18O4S. The van der Waals surface area contributed by atoms with Gasteiger partial charge >= 0.3 is 5.97 Å². The van der Waals surface area contributed by atoms with Gasteiger partial charge in [0.05, 0.1) is 5.60 Å². The van der Waals surface area contributed by atoms with Crippen molar-refractivity contribution in [3.8, 4) is 5.75 Å². The molecule has 17 heavy (non-hydrogen) atoms. The number of carboxylic acid groups (broad SMARTS) is 1. The Balaban J connectivity index is 2.78. The van der Waals surface area contributed by atoms with Gasteiger partial charge in [0.15, 0.2) is 4.88 Å².